The lowest BCUT2D eigenvalue weighted by Crippen LogP contribution is -2.11. The minimum Gasteiger partial charge on any atom is -0.320 e. The van der Waals surface area contributed by atoms with Crippen molar-refractivity contribution in [3.8, 4) is 0 Å². The zero-order valence-electron chi connectivity index (χ0n) is 14.1. The van der Waals surface area contributed by atoms with Crippen LogP contribution in [0.15, 0.2) is 47.4 Å². The van der Waals surface area contributed by atoms with Gasteiger partial charge in [-0.05, 0) is 60.8 Å². The zero-order valence-corrected chi connectivity index (χ0v) is 14.9. The number of rotatable bonds is 5. The summed E-state index contributed by atoms with van der Waals surface area (Å²) < 4.78 is 24.0. The highest BCUT2D eigenvalue weighted by atomic mass is 32.2. The van der Waals surface area contributed by atoms with E-state index in [1.807, 2.05) is 25.2 Å². The Morgan fingerprint density at radius 1 is 1.00 bits per heavy atom. The Labute approximate surface area is 144 Å². The SMILES string of the molecule is CNCCC[C@@H]1c2ccccc2C=Cc2ccc(S(C)(=O)=O)cc21. The summed E-state index contributed by atoms with van der Waals surface area (Å²) in [4.78, 5) is 0.396. The Balaban J connectivity index is 2.13. The van der Waals surface area contributed by atoms with E-state index in [4.69, 9.17) is 0 Å². The molecule has 0 aromatic heterocycles. The first kappa shape index (κ1) is 16.9. The fourth-order valence-corrected chi connectivity index (χ4v) is 4.01. The number of benzene rings is 2. The van der Waals surface area contributed by atoms with Gasteiger partial charge in [-0.15, -0.1) is 0 Å². The van der Waals surface area contributed by atoms with Crippen LogP contribution in [0.25, 0.3) is 12.2 Å². The topological polar surface area (TPSA) is 46.2 Å². The van der Waals surface area contributed by atoms with Gasteiger partial charge < -0.3 is 5.32 Å². The van der Waals surface area contributed by atoms with Crippen LogP contribution in [0.2, 0.25) is 0 Å². The van der Waals surface area contributed by atoms with Crippen molar-refractivity contribution in [3.05, 3.63) is 64.7 Å². The van der Waals surface area contributed by atoms with Gasteiger partial charge in [-0.2, -0.15) is 0 Å². The van der Waals surface area contributed by atoms with E-state index in [1.54, 1.807) is 6.07 Å². The van der Waals surface area contributed by atoms with Crippen LogP contribution in [0.3, 0.4) is 0 Å². The van der Waals surface area contributed by atoms with Crippen LogP contribution in [0, 0.1) is 0 Å². The number of hydrogen-bond donors (Lipinski definition) is 1. The van der Waals surface area contributed by atoms with Crippen molar-refractivity contribution in [1.29, 1.82) is 0 Å². The average Bonchev–Trinajstić information content (AvgIpc) is 2.71. The van der Waals surface area contributed by atoms with Gasteiger partial charge in [-0.3, -0.25) is 0 Å². The third kappa shape index (κ3) is 3.45. The molecule has 4 heteroatoms. The lowest BCUT2D eigenvalue weighted by atomic mass is 9.84. The maximum absolute atomic E-state index is 12.0. The third-order valence-electron chi connectivity index (χ3n) is 4.60. The predicted molar refractivity (Wildman–Crippen MR) is 99.9 cm³/mol. The smallest absolute Gasteiger partial charge is 0.175 e. The Kier molecular flexibility index (Phi) is 4.88. The molecular formula is C20H23NO2S. The number of fused-ring (bicyclic) bond motifs is 2. The Hall–Kier alpha value is -1.91. The summed E-state index contributed by atoms with van der Waals surface area (Å²) in [5, 5.41) is 3.19. The van der Waals surface area contributed by atoms with Crippen LogP contribution in [0.5, 0.6) is 0 Å². The lowest BCUT2D eigenvalue weighted by molar-refractivity contribution is 0.600. The summed E-state index contributed by atoms with van der Waals surface area (Å²) in [5.74, 6) is 0.209. The van der Waals surface area contributed by atoms with Gasteiger partial charge in [-0.1, -0.05) is 42.5 Å². The van der Waals surface area contributed by atoms with E-state index in [0.29, 0.717) is 4.90 Å². The molecule has 1 aliphatic rings. The average molecular weight is 341 g/mol. The van der Waals surface area contributed by atoms with E-state index in [1.165, 1.54) is 17.4 Å². The minimum absolute atomic E-state index is 0.209. The summed E-state index contributed by atoms with van der Waals surface area (Å²) in [5.41, 5.74) is 4.70. The van der Waals surface area contributed by atoms with Gasteiger partial charge in [0.25, 0.3) is 0 Å². The van der Waals surface area contributed by atoms with Crippen molar-refractivity contribution in [3.63, 3.8) is 0 Å². The molecule has 0 amide bonds. The first-order valence-corrected chi connectivity index (χ1v) is 10.2. The quantitative estimate of drug-likeness (QED) is 0.844. The van der Waals surface area contributed by atoms with Crippen LogP contribution >= 0.6 is 0 Å². The molecule has 0 bridgehead atoms. The summed E-state index contributed by atoms with van der Waals surface area (Å²) in [6, 6.07) is 13.9. The standard InChI is InChI=1S/C20H23NO2S/c1-21-13-5-8-19-18-7-4-3-6-15(18)9-10-16-11-12-17(14-20(16)19)24(2,22)23/h3-4,6-7,9-12,14,19,21H,5,8,13H2,1-2H3/t19-/m1/s1. The highest BCUT2D eigenvalue weighted by Crippen LogP contribution is 2.38. The van der Waals surface area contributed by atoms with Crippen molar-refractivity contribution in [1.82, 2.24) is 5.32 Å². The Morgan fingerprint density at radius 3 is 2.42 bits per heavy atom. The second kappa shape index (κ2) is 6.91. The van der Waals surface area contributed by atoms with Crippen LogP contribution in [0.1, 0.15) is 41.0 Å². The normalized spacial score (nSPS) is 16.3. The number of sulfone groups is 1. The maximum atomic E-state index is 12.0. The van der Waals surface area contributed by atoms with Crippen LogP contribution in [-0.2, 0) is 9.84 Å². The van der Waals surface area contributed by atoms with Crippen molar-refractivity contribution in [2.45, 2.75) is 23.7 Å². The molecule has 0 saturated heterocycles. The van der Waals surface area contributed by atoms with E-state index >= 15 is 0 Å². The lowest BCUT2D eigenvalue weighted by Gasteiger charge is -2.21. The minimum atomic E-state index is -3.21. The van der Waals surface area contributed by atoms with E-state index in [-0.39, 0.29) is 5.92 Å². The second-order valence-corrected chi connectivity index (χ2v) is 8.34. The van der Waals surface area contributed by atoms with Gasteiger partial charge in [0.05, 0.1) is 4.90 Å². The molecule has 2 aromatic carbocycles. The van der Waals surface area contributed by atoms with E-state index in [2.05, 4.69) is 35.7 Å². The molecule has 1 N–H and O–H groups in total. The van der Waals surface area contributed by atoms with E-state index in [9.17, 15) is 8.42 Å². The monoisotopic (exact) mass is 341 g/mol. The van der Waals surface area contributed by atoms with Gasteiger partial charge in [0.15, 0.2) is 9.84 Å². The highest BCUT2D eigenvalue weighted by Gasteiger charge is 2.22. The summed E-state index contributed by atoms with van der Waals surface area (Å²) in [7, 11) is -1.25. The summed E-state index contributed by atoms with van der Waals surface area (Å²) >= 11 is 0. The Morgan fingerprint density at radius 2 is 1.71 bits per heavy atom. The first-order valence-electron chi connectivity index (χ1n) is 8.26. The predicted octanol–water partition coefficient (Wildman–Crippen LogP) is 3.71. The van der Waals surface area contributed by atoms with Crippen LogP contribution in [0.4, 0.5) is 0 Å². The van der Waals surface area contributed by atoms with Crippen LogP contribution < -0.4 is 5.32 Å². The van der Waals surface area contributed by atoms with Crippen molar-refractivity contribution in [2.24, 2.45) is 0 Å². The molecule has 3 nitrogen and oxygen atoms in total. The fraction of sp³-hybridized carbons (Fsp3) is 0.300. The molecule has 126 valence electrons. The molecule has 0 aliphatic heterocycles. The number of nitrogens with one attached hydrogen (secondary N) is 1. The summed E-state index contributed by atoms with van der Waals surface area (Å²) in [6.45, 7) is 0.952. The largest absolute Gasteiger partial charge is 0.320 e. The Bertz CT molecular complexity index is 869. The molecule has 0 saturated carbocycles. The molecule has 0 unspecified atom stereocenters. The van der Waals surface area contributed by atoms with Gasteiger partial charge in [0.1, 0.15) is 0 Å². The number of hydrogen-bond acceptors (Lipinski definition) is 3. The molecule has 24 heavy (non-hydrogen) atoms. The van der Waals surface area contributed by atoms with Gasteiger partial charge in [-0.25, -0.2) is 8.42 Å². The van der Waals surface area contributed by atoms with Gasteiger partial charge in [0.2, 0.25) is 0 Å². The first-order chi connectivity index (χ1) is 11.5. The fourth-order valence-electron chi connectivity index (χ4n) is 3.36. The van der Waals surface area contributed by atoms with E-state index in [0.717, 1.165) is 30.5 Å². The molecule has 0 heterocycles. The van der Waals surface area contributed by atoms with Crippen molar-refractivity contribution >= 4 is 22.0 Å². The van der Waals surface area contributed by atoms with Crippen molar-refractivity contribution < 1.29 is 8.42 Å². The second-order valence-electron chi connectivity index (χ2n) is 6.32. The maximum Gasteiger partial charge on any atom is 0.175 e. The molecule has 1 aliphatic carbocycles. The molecule has 1 atom stereocenters. The third-order valence-corrected chi connectivity index (χ3v) is 5.71. The molecule has 2 aromatic rings. The molecular weight excluding hydrogens is 318 g/mol. The zero-order chi connectivity index (χ0) is 17.2. The molecule has 3 rings (SSSR count). The molecule has 0 fully saturated rings. The van der Waals surface area contributed by atoms with Gasteiger partial charge in [0, 0.05) is 12.2 Å². The highest BCUT2D eigenvalue weighted by molar-refractivity contribution is 7.90. The molecule has 0 radical (unpaired) electrons. The van der Waals surface area contributed by atoms with Crippen LogP contribution in [-0.4, -0.2) is 28.3 Å². The molecule has 0 spiro atoms. The van der Waals surface area contributed by atoms with E-state index < -0.39 is 9.84 Å². The summed E-state index contributed by atoms with van der Waals surface area (Å²) in [6.07, 6.45) is 7.52. The van der Waals surface area contributed by atoms with Gasteiger partial charge >= 0.3 is 0 Å². The van der Waals surface area contributed by atoms with Crippen molar-refractivity contribution in [2.75, 3.05) is 19.8 Å².